The molecule has 0 spiro atoms. The van der Waals surface area contributed by atoms with Crippen LogP contribution in [-0.2, 0) is 12.8 Å². The lowest BCUT2D eigenvalue weighted by Crippen LogP contribution is -2.14. The maximum atomic E-state index is 12.0. The highest BCUT2D eigenvalue weighted by Gasteiger charge is 2.22. The standard InChI is InChI=1S/C12H12N4O/c17-12(14-8-4-6-13-7-5-8)11-9-2-1-3-10(9)15-16-11/h4-7H,1-3H2,(H,15,16)(H,13,14,17). The number of aromatic amines is 1. The summed E-state index contributed by atoms with van der Waals surface area (Å²) in [5.41, 5.74) is 3.43. The second kappa shape index (κ2) is 4.01. The summed E-state index contributed by atoms with van der Waals surface area (Å²) in [6.07, 6.45) is 6.31. The highest BCUT2D eigenvalue weighted by atomic mass is 16.1. The maximum Gasteiger partial charge on any atom is 0.276 e. The Morgan fingerprint density at radius 1 is 1.29 bits per heavy atom. The fraction of sp³-hybridized carbons (Fsp3) is 0.250. The Balaban J connectivity index is 1.83. The number of carbonyl (C=O) groups excluding carboxylic acids is 1. The van der Waals surface area contributed by atoms with Crippen molar-refractivity contribution in [1.29, 1.82) is 0 Å². The minimum absolute atomic E-state index is 0.157. The molecule has 86 valence electrons. The highest BCUT2D eigenvalue weighted by Crippen LogP contribution is 2.23. The summed E-state index contributed by atoms with van der Waals surface area (Å²) in [5.74, 6) is -0.157. The molecular formula is C12H12N4O. The van der Waals surface area contributed by atoms with E-state index in [1.54, 1.807) is 24.5 Å². The number of aromatic nitrogens is 3. The van der Waals surface area contributed by atoms with Crippen LogP contribution in [0.25, 0.3) is 0 Å². The molecule has 1 aliphatic rings. The lowest BCUT2D eigenvalue weighted by atomic mass is 10.2. The number of hydrogen-bond acceptors (Lipinski definition) is 3. The molecule has 1 aliphatic carbocycles. The quantitative estimate of drug-likeness (QED) is 0.819. The summed E-state index contributed by atoms with van der Waals surface area (Å²) in [6.45, 7) is 0. The first-order chi connectivity index (χ1) is 8.34. The van der Waals surface area contributed by atoms with Crippen molar-refractivity contribution in [3.05, 3.63) is 41.5 Å². The number of nitrogens with one attached hydrogen (secondary N) is 2. The number of amides is 1. The Morgan fingerprint density at radius 3 is 2.94 bits per heavy atom. The van der Waals surface area contributed by atoms with Crippen molar-refractivity contribution in [1.82, 2.24) is 15.2 Å². The molecule has 0 saturated heterocycles. The summed E-state index contributed by atoms with van der Waals surface area (Å²) >= 11 is 0. The molecule has 0 unspecified atom stereocenters. The van der Waals surface area contributed by atoms with E-state index < -0.39 is 0 Å². The molecule has 5 heteroatoms. The fourth-order valence-electron chi connectivity index (χ4n) is 2.13. The van der Waals surface area contributed by atoms with E-state index >= 15 is 0 Å². The minimum Gasteiger partial charge on any atom is -0.320 e. The van der Waals surface area contributed by atoms with Gasteiger partial charge in [0.2, 0.25) is 0 Å². The highest BCUT2D eigenvalue weighted by molar-refractivity contribution is 6.04. The summed E-state index contributed by atoms with van der Waals surface area (Å²) in [7, 11) is 0. The Bertz CT molecular complexity index is 547. The monoisotopic (exact) mass is 228 g/mol. The van der Waals surface area contributed by atoms with Crippen LogP contribution >= 0.6 is 0 Å². The van der Waals surface area contributed by atoms with Crippen LogP contribution in [-0.4, -0.2) is 21.1 Å². The van der Waals surface area contributed by atoms with E-state index in [4.69, 9.17) is 0 Å². The number of fused-ring (bicyclic) bond motifs is 1. The van der Waals surface area contributed by atoms with Crippen LogP contribution in [0.4, 0.5) is 5.69 Å². The molecule has 1 amide bonds. The van der Waals surface area contributed by atoms with Crippen LogP contribution in [0.5, 0.6) is 0 Å². The number of carbonyl (C=O) groups is 1. The molecule has 0 bridgehead atoms. The summed E-state index contributed by atoms with van der Waals surface area (Å²) in [4.78, 5) is 15.9. The number of aryl methyl sites for hydroxylation is 1. The molecular weight excluding hydrogens is 216 g/mol. The molecule has 0 aromatic carbocycles. The average Bonchev–Trinajstić information content (AvgIpc) is 2.91. The van der Waals surface area contributed by atoms with Crippen LogP contribution in [0.3, 0.4) is 0 Å². The van der Waals surface area contributed by atoms with Gasteiger partial charge in [0.15, 0.2) is 5.69 Å². The van der Waals surface area contributed by atoms with Crippen molar-refractivity contribution >= 4 is 11.6 Å². The van der Waals surface area contributed by atoms with Gasteiger partial charge in [-0.1, -0.05) is 0 Å². The van der Waals surface area contributed by atoms with E-state index in [1.807, 2.05) is 0 Å². The molecule has 2 N–H and O–H groups in total. The van der Waals surface area contributed by atoms with Gasteiger partial charge in [-0.25, -0.2) is 0 Å². The predicted molar refractivity (Wildman–Crippen MR) is 62.8 cm³/mol. The maximum absolute atomic E-state index is 12.0. The number of rotatable bonds is 2. The van der Waals surface area contributed by atoms with E-state index in [1.165, 1.54) is 0 Å². The van der Waals surface area contributed by atoms with Crippen molar-refractivity contribution in [2.45, 2.75) is 19.3 Å². The largest absolute Gasteiger partial charge is 0.320 e. The van der Waals surface area contributed by atoms with Gasteiger partial charge < -0.3 is 5.32 Å². The van der Waals surface area contributed by atoms with Gasteiger partial charge in [-0.3, -0.25) is 14.9 Å². The van der Waals surface area contributed by atoms with Gasteiger partial charge in [0.05, 0.1) is 0 Å². The first kappa shape index (κ1) is 10.0. The predicted octanol–water partition coefficient (Wildman–Crippen LogP) is 1.55. The van der Waals surface area contributed by atoms with Crippen LogP contribution in [0, 0.1) is 0 Å². The summed E-state index contributed by atoms with van der Waals surface area (Å²) < 4.78 is 0. The summed E-state index contributed by atoms with van der Waals surface area (Å²) in [6, 6.07) is 3.51. The molecule has 0 aliphatic heterocycles. The smallest absolute Gasteiger partial charge is 0.276 e. The summed E-state index contributed by atoms with van der Waals surface area (Å²) in [5, 5.41) is 9.82. The SMILES string of the molecule is O=C(Nc1ccncc1)c1n[nH]c2c1CCC2. The first-order valence-electron chi connectivity index (χ1n) is 5.62. The fourth-order valence-corrected chi connectivity index (χ4v) is 2.13. The lowest BCUT2D eigenvalue weighted by Gasteiger charge is -2.03. The molecule has 17 heavy (non-hydrogen) atoms. The number of pyridine rings is 1. The van der Waals surface area contributed by atoms with Crippen LogP contribution in [0.2, 0.25) is 0 Å². The molecule has 2 aromatic heterocycles. The van der Waals surface area contributed by atoms with Gasteiger partial charge in [0.25, 0.3) is 5.91 Å². The first-order valence-corrected chi connectivity index (χ1v) is 5.62. The molecule has 2 aromatic rings. The van der Waals surface area contributed by atoms with E-state index in [-0.39, 0.29) is 5.91 Å². The Labute approximate surface area is 98.3 Å². The van der Waals surface area contributed by atoms with E-state index in [2.05, 4.69) is 20.5 Å². The number of nitrogens with zero attached hydrogens (tertiary/aromatic N) is 2. The zero-order valence-corrected chi connectivity index (χ0v) is 9.23. The zero-order chi connectivity index (χ0) is 11.7. The number of hydrogen-bond donors (Lipinski definition) is 2. The lowest BCUT2D eigenvalue weighted by molar-refractivity contribution is 0.102. The van der Waals surface area contributed by atoms with Gasteiger partial charge in [-0.05, 0) is 31.4 Å². The third kappa shape index (κ3) is 1.80. The van der Waals surface area contributed by atoms with Crippen molar-refractivity contribution in [3.63, 3.8) is 0 Å². The van der Waals surface area contributed by atoms with Crippen LogP contribution in [0.15, 0.2) is 24.5 Å². The second-order valence-electron chi connectivity index (χ2n) is 4.07. The Hall–Kier alpha value is -2.17. The average molecular weight is 228 g/mol. The zero-order valence-electron chi connectivity index (χ0n) is 9.23. The van der Waals surface area contributed by atoms with Gasteiger partial charge in [0.1, 0.15) is 0 Å². The molecule has 0 saturated carbocycles. The Morgan fingerprint density at radius 2 is 2.12 bits per heavy atom. The van der Waals surface area contributed by atoms with E-state index in [0.717, 1.165) is 36.2 Å². The number of H-pyrrole nitrogens is 1. The normalized spacial score (nSPS) is 13.4. The number of anilines is 1. The molecule has 0 fully saturated rings. The van der Waals surface area contributed by atoms with Crippen molar-refractivity contribution in [2.75, 3.05) is 5.32 Å². The second-order valence-corrected chi connectivity index (χ2v) is 4.07. The van der Waals surface area contributed by atoms with Gasteiger partial charge in [0, 0.05) is 29.3 Å². The van der Waals surface area contributed by atoms with Crippen molar-refractivity contribution in [3.8, 4) is 0 Å². The van der Waals surface area contributed by atoms with Gasteiger partial charge in [-0.2, -0.15) is 5.10 Å². The molecule has 0 radical (unpaired) electrons. The molecule has 2 heterocycles. The van der Waals surface area contributed by atoms with Gasteiger partial charge >= 0.3 is 0 Å². The Kier molecular flexibility index (Phi) is 2.36. The minimum atomic E-state index is -0.157. The van der Waals surface area contributed by atoms with Crippen LogP contribution < -0.4 is 5.32 Å². The van der Waals surface area contributed by atoms with Gasteiger partial charge in [-0.15, -0.1) is 0 Å². The van der Waals surface area contributed by atoms with Crippen molar-refractivity contribution in [2.24, 2.45) is 0 Å². The van der Waals surface area contributed by atoms with Crippen molar-refractivity contribution < 1.29 is 4.79 Å². The van der Waals surface area contributed by atoms with E-state index in [0.29, 0.717) is 5.69 Å². The topological polar surface area (TPSA) is 70.7 Å². The third-order valence-electron chi connectivity index (χ3n) is 2.96. The van der Waals surface area contributed by atoms with Crippen LogP contribution in [0.1, 0.15) is 28.2 Å². The molecule has 0 atom stereocenters. The third-order valence-corrected chi connectivity index (χ3v) is 2.96. The molecule has 5 nitrogen and oxygen atoms in total. The van der Waals surface area contributed by atoms with E-state index in [9.17, 15) is 4.79 Å². The molecule has 3 rings (SSSR count).